The lowest BCUT2D eigenvalue weighted by atomic mass is 9.92. The summed E-state index contributed by atoms with van der Waals surface area (Å²) >= 11 is 0. The number of amides is 1. The van der Waals surface area contributed by atoms with Gasteiger partial charge in [-0.1, -0.05) is 12.1 Å². The van der Waals surface area contributed by atoms with Gasteiger partial charge in [-0.25, -0.2) is 0 Å². The fourth-order valence-electron chi connectivity index (χ4n) is 3.90. The minimum Gasteiger partial charge on any atom is -0.493 e. The Morgan fingerprint density at radius 3 is 2.35 bits per heavy atom. The molecule has 4 rings (SSSR count). The third-order valence-electron chi connectivity index (χ3n) is 5.46. The molecule has 0 aliphatic carbocycles. The van der Waals surface area contributed by atoms with Crippen molar-refractivity contribution >= 4 is 5.91 Å². The van der Waals surface area contributed by atoms with Crippen molar-refractivity contribution in [2.24, 2.45) is 0 Å². The van der Waals surface area contributed by atoms with Crippen LogP contribution in [0.15, 0.2) is 59.2 Å². The second-order valence-electron chi connectivity index (χ2n) is 7.11. The number of hydrogen-bond acceptors (Lipinski definition) is 6. The fraction of sp³-hybridized carbons (Fsp3) is 0.292. The van der Waals surface area contributed by atoms with Gasteiger partial charge in [0.15, 0.2) is 28.8 Å². The summed E-state index contributed by atoms with van der Waals surface area (Å²) in [5.41, 5.74) is 2.05. The lowest BCUT2D eigenvalue weighted by Gasteiger charge is -2.37. The molecule has 1 aliphatic rings. The summed E-state index contributed by atoms with van der Waals surface area (Å²) in [5.74, 6) is 2.63. The number of furan rings is 1. The molecule has 1 aliphatic heterocycles. The van der Waals surface area contributed by atoms with Gasteiger partial charge in [0.2, 0.25) is 0 Å². The van der Waals surface area contributed by atoms with Crippen LogP contribution in [0.2, 0.25) is 0 Å². The lowest BCUT2D eigenvalue weighted by molar-refractivity contribution is 0.0556. The molecule has 7 heteroatoms. The zero-order valence-electron chi connectivity index (χ0n) is 17.8. The summed E-state index contributed by atoms with van der Waals surface area (Å²) in [6.45, 7) is 0.775. The number of fused-ring (bicyclic) bond motifs is 1. The maximum absolute atomic E-state index is 13.2. The van der Waals surface area contributed by atoms with Gasteiger partial charge in [-0.2, -0.15) is 0 Å². The summed E-state index contributed by atoms with van der Waals surface area (Å²) in [4.78, 5) is 15.0. The number of benzene rings is 2. The Kier molecular flexibility index (Phi) is 6.02. The predicted molar refractivity (Wildman–Crippen MR) is 114 cm³/mol. The summed E-state index contributed by atoms with van der Waals surface area (Å²) in [5, 5.41) is 0. The van der Waals surface area contributed by atoms with Gasteiger partial charge in [0.25, 0.3) is 5.91 Å². The van der Waals surface area contributed by atoms with E-state index in [4.69, 9.17) is 23.4 Å². The zero-order chi connectivity index (χ0) is 21.8. The third-order valence-corrected chi connectivity index (χ3v) is 5.46. The van der Waals surface area contributed by atoms with Crippen LogP contribution < -0.4 is 18.9 Å². The molecule has 3 aromatic rings. The number of nitrogens with zero attached hydrogens (tertiary/aromatic N) is 1. The van der Waals surface area contributed by atoms with Crippen molar-refractivity contribution in [2.75, 3.05) is 34.5 Å². The fourth-order valence-corrected chi connectivity index (χ4v) is 3.90. The van der Waals surface area contributed by atoms with Crippen molar-refractivity contribution in [3.05, 3.63) is 71.7 Å². The summed E-state index contributed by atoms with van der Waals surface area (Å²) in [6, 6.07) is 14.4. The minimum absolute atomic E-state index is 0.181. The van der Waals surface area contributed by atoms with Gasteiger partial charge >= 0.3 is 0 Å². The number of ether oxygens (including phenoxy) is 4. The van der Waals surface area contributed by atoms with Crippen LogP contribution >= 0.6 is 0 Å². The average molecular weight is 423 g/mol. The minimum atomic E-state index is -0.342. The molecule has 0 N–H and O–H groups in total. The monoisotopic (exact) mass is 423 g/mol. The summed E-state index contributed by atoms with van der Waals surface area (Å²) in [7, 11) is 4.81. The average Bonchev–Trinajstić information content (AvgIpc) is 3.36. The van der Waals surface area contributed by atoms with Gasteiger partial charge in [-0.3, -0.25) is 4.79 Å². The highest BCUT2D eigenvalue weighted by molar-refractivity contribution is 5.92. The summed E-state index contributed by atoms with van der Waals surface area (Å²) < 4.78 is 27.9. The smallest absolute Gasteiger partial charge is 0.290 e. The topological polar surface area (TPSA) is 70.4 Å². The number of carbonyl (C=O) groups is 1. The molecule has 1 amide bonds. The van der Waals surface area contributed by atoms with E-state index >= 15 is 0 Å². The van der Waals surface area contributed by atoms with Crippen LogP contribution in [0.1, 0.15) is 27.7 Å². The summed E-state index contributed by atoms with van der Waals surface area (Å²) in [6.07, 6.45) is 2.19. The van der Waals surface area contributed by atoms with Crippen molar-refractivity contribution < 1.29 is 28.2 Å². The van der Waals surface area contributed by atoms with Crippen LogP contribution in [0.4, 0.5) is 0 Å². The second kappa shape index (κ2) is 9.04. The molecule has 0 bridgehead atoms. The molecular weight excluding hydrogens is 398 g/mol. The van der Waals surface area contributed by atoms with Gasteiger partial charge in [0.1, 0.15) is 6.61 Å². The highest BCUT2D eigenvalue weighted by Crippen LogP contribution is 2.39. The van der Waals surface area contributed by atoms with E-state index in [9.17, 15) is 4.79 Å². The highest BCUT2D eigenvalue weighted by atomic mass is 16.5. The van der Waals surface area contributed by atoms with E-state index in [2.05, 4.69) is 0 Å². The Morgan fingerprint density at radius 1 is 0.968 bits per heavy atom. The van der Waals surface area contributed by atoms with Crippen LogP contribution in [0.25, 0.3) is 0 Å². The molecule has 0 saturated heterocycles. The molecule has 1 atom stereocenters. The van der Waals surface area contributed by atoms with E-state index in [1.165, 1.54) is 6.26 Å². The third kappa shape index (κ3) is 4.03. The predicted octanol–water partition coefficient (Wildman–Crippen LogP) is 4.12. The first-order chi connectivity index (χ1) is 15.2. The van der Waals surface area contributed by atoms with Crippen molar-refractivity contribution in [3.8, 4) is 23.0 Å². The second-order valence-corrected chi connectivity index (χ2v) is 7.11. The molecule has 0 fully saturated rings. The van der Waals surface area contributed by atoms with Crippen molar-refractivity contribution in [2.45, 2.75) is 12.5 Å². The lowest BCUT2D eigenvalue weighted by Crippen LogP contribution is -2.42. The SMILES string of the molecule is COc1cc2c(cc1OC)[C@@H](COc1ccccc1OC)N(C(=O)c1ccco1)CC2. The van der Waals surface area contributed by atoms with Gasteiger partial charge in [0.05, 0.1) is 33.6 Å². The normalized spacial score (nSPS) is 15.2. The van der Waals surface area contributed by atoms with Gasteiger partial charge in [-0.05, 0) is 53.9 Å². The van der Waals surface area contributed by atoms with E-state index in [1.807, 2.05) is 36.4 Å². The molecule has 0 radical (unpaired) electrons. The quantitative estimate of drug-likeness (QED) is 0.569. The number of methoxy groups -OCH3 is 3. The van der Waals surface area contributed by atoms with E-state index in [0.29, 0.717) is 41.7 Å². The number of hydrogen-bond donors (Lipinski definition) is 0. The van der Waals surface area contributed by atoms with Gasteiger partial charge in [0, 0.05) is 6.54 Å². The number of para-hydroxylation sites is 2. The van der Waals surface area contributed by atoms with Crippen LogP contribution in [-0.2, 0) is 6.42 Å². The van der Waals surface area contributed by atoms with Gasteiger partial charge in [-0.15, -0.1) is 0 Å². The van der Waals surface area contributed by atoms with Crippen molar-refractivity contribution in [1.82, 2.24) is 4.90 Å². The first-order valence-electron chi connectivity index (χ1n) is 10.0. The van der Waals surface area contributed by atoms with Crippen LogP contribution in [0.3, 0.4) is 0 Å². The molecule has 0 spiro atoms. The largest absolute Gasteiger partial charge is 0.493 e. The number of rotatable bonds is 7. The molecule has 2 aromatic carbocycles. The Morgan fingerprint density at radius 2 is 1.68 bits per heavy atom. The van der Waals surface area contributed by atoms with E-state index in [-0.39, 0.29) is 18.6 Å². The van der Waals surface area contributed by atoms with E-state index in [1.54, 1.807) is 38.4 Å². The molecule has 162 valence electrons. The first kappa shape index (κ1) is 20.7. The maximum atomic E-state index is 13.2. The standard InChI is InChI=1S/C24H25NO6/c1-27-19-7-4-5-8-20(19)31-15-18-17-14-23(29-3)22(28-2)13-16(17)10-11-25(18)24(26)21-9-6-12-30-21/h4-9,12-14,18H,10-11,15H2,1-3H3/t18-/m1/s1. The Balaban J connectivity index is 1.71. The molecule has 31 heavy (non-hydrogen) atoms. The van der Waals surface area contributed by atoms with Crippen LogP contribution in [0, 0.1) is 0 Å². The molecule has 0 saturated carbocycles. The molecule has 7 nitrogen and oxygen atoms in total. The first-order valence-corrected chi connectivity index (χ1v) is 10.0. The Hall–Kier alpha value is -3.61. The van der Waals surface area contributed by atoms with E-state index in [0.717, 1.165) is 11.1 Å². The van der Waals surface area contributed by atoms with Crippen molar-refractivity contribution in [1.29, 1.82) is 0 Å². The molecule has 2 heterocycles. The molecule has 0 unspecified atom stereocenters. The number of carbonyl (C=O) groups excluding carboxylic acids is 1. The molecule has 1 aromatic heterocycles. The van der Waals surface area contributed by atoms with Crippen LogP contribution in [0.5, 0.6) is 23.0 Å². The molecular formula is C24H25NO6. The Bertz CT molecular complexity index is 1050. The maximum Gasteiger partial charge on any atom is 0.290 e. The van der Waals surface area contributed by atoms with Crippen LogP contribution in [-0.4, -0.2) is 45.3 Å². The van der Waals surface area contributed by atoms with Gasteiger partial charge < -0.3 is 28.3 Å². The van der Waals surface area contributed by atoms with E-state index < -0.39 is 0 Å². The Labute approximate surface area is 181 Å². The van der Waals surface area contributed by atoms with Crippen molar-refractivity contribution in [3.63, 3.8) is 0 Å². The zero-order valence-corrected chi connectivity index (χ0v) is 17.8. The highest BCUT2D eigenvalue weighted by Gasteiger charge is 2.34.